The van der Waals surface area contributed by atoms with Gasteiger partial charge in [-0.1, -0.05) is 36.0 Å². The van der Waals surface area contributed by atoms with Crippen molar-refractivity contribution < 1.29 is 14.6 Å². The van der Waals surface area contributed by atoms with Crippen LogP contribution in [0.4, 0.5) is 5.69 Å². The van der Waals surface area contributed by atoms with Crippen molar-refractivity contribution in [3.05, 3.63) is 60.7 Å². The standard InChI is InChI=1S/C20H18N4O3S/c1-3-10-28-20-22-19-17(23-24-20)13-6-4-5-7-14(13)21-18(27-19)12-8-9-15(25)16(11-12)26-2/h3-9,11,18,21,25H,1,10H2,2H3. The molecule has 0 spiro atoms. The summed E-state index contributed by atoms with van der Waals surface area (Å²) < 4.78 is 11.4. The van der Waals surface area contributed by atoms with Gasteiger partial charge < -0.3 is 19.9 Å². The molecule has 0 saturated heterocycles. The van der Waals surface area contributed by atoms with E-state index in [9.17, 15) is 5.11 Å². The van der Waals surface area contributed by atoms with Crippen LogP contribution in [0, 0.1) is 0 Å². The van der Waals surface area contributed by atoms with E-state index in [-0.39, 0.29) is 5.75 Å². The molecule has 0 bridgehead atoms. The molecule has 1 aromatic heterocycles. The molecule has 8 heteroatoms. The fourth-order valence-electron chi connectivity index (χ4n) is 2.85. The van der Waals surface area contributed by atoms with Crippen molar-refractivity contribution in [2.24, 2.45) is 0 Å². The lowest BCUT2D eigenvalue weighted by Gasteiger charge is -2.20. The minimum absolute atomic E-state index is 0.0628. The van der Waals surface area contributed by atoms with Crippen LogP contribution in [-0.4, -0.2) is 33.2 Å². The molecule has 0 amide bonds. The first-order valence-corrected chi connectivity index (χ1v) is 9.56. The van der Waals surface area contributed by atoms with Gasteiger partial charge in [-0.15, -0.1) is 16.8 Å². The number of phenols is 1. The van der Waals surface area contributed by atoms with Crippen LogP contribution >= 0.6 is 11.8 Å². The molecule has 0 aliphatic carbocycles. The van der Waals surface area contributed by atoms with Crippen LogP contribution in [0.3, 0.4) is 0 Å². The zero-order chi connectivity index (χ0) is 19.5. The lowest BCUT2D eigenvalue weighted by atomic mass is 10.1. The van der Waals surface area contributed by atoms with Gasteiger partial charge in [-0.2, -0.15) is 4.98 Å². The number of anilines is 1. The second-order valence-corrected chi connectivity index (χ2v) is 6.95. The van der Waals surface area contributed by atoms with Gasteiger partial charge in [0.2, 0.25) is 11.0 Å². The molecule has 7 nitrogen and oxygen atoms in total. The molecule has 1 aliphatic rings. The Morgan fingerprint density at radius 2 is 2.14 bits per heavy atom. The highest BCUT2D eigenvalue weighted by atomic mass is 32.2. The lowest BCUT2D eigenvalue weighted by molar-refractivity contribution is 0.224. The van der Waals surface area contributed by atoms with E-state index in [1.165, 1.54) is 18.9 Å². The van der Waals surface area contributed by atoms with E-state index in [0.717, 1.165) is 16.8 Å². The van der Waals surface area contributed by atoms with Crippen LogP contribution in [0.5, 0.6) is 17.4 Å². The number of thioether (sulfide) groups is 1. The molecule has 0 fully saturated rings. The molecule has 1 atom stereocenters. The van der Waals surface area contributed by atoms with Crippen LogP contribution in [0.25, 0.3) is 11.3 Å². The summed E-state index contributed by atoms with van der Waals surface area (Å²) in [5, 5.41) is 22.3. The van der Waals surface area contributed by atoms with Gasteiger partial charge >= 0.3 is 0 Å². The average molecular weight is 394 g/mol. The Morgan fingerprint density at radius 1 is 1.29 bits per heavy atom. The van der Waals surface area contributed by atoms with Crippen molar-refractivity contribution in [2.75, 3.05) is 18.2 Å². The molecule has 1 aliphatic heterocycles. The van der Waals surface area contributed by atoms with Crippen LogP contribution in [0.2, 0.25) is 0 Å². The van der Waals surface area contributed by atoms with E-state index in [2.05, 4.69) is 27.1 Å². The van der Waals surface area contributed by atoms with Crippen molar-refractivity contribution in [1.29, 1.82) is 0 Å². The number of aromatic nitrogens is 3. The Labute approximate surface area is 166 Å². The fourth-order valence-corrected chi connectivity index (χ4v) is 3.36. The fraction of sp³-hybridized carbons (Fsp3) is 0.150. The molecule has 2 N–H and O–H groups in total. The largest absolute Gasteiger partial charge is 0.504 e. The number of rotatable bonds is 5. The highest BCUT2D eigenvalue weighted by Crippen LogP contribution is 2.40. The van der Waals surface area contributed by atoms with E-state index in [0.29, 0.717) is 28.2 Å². The molecule has 3 aromatic rings. The smallest absolute Gasteiger partial charge is 0.247 e. The van der Waals surface area contributed by atoms with Gasteiger partial charge in [0.1, 0.15) is 0 Å². The molecule has 1 unspecified atom stereocenters. The second kappa shape index (κ2) is 7.77. The topological polar surface area (TPSA) is 89.4 Å². The highest BCUT2D eigenvalue weighted by molar-refractivity contribution is 7.99. The van der Waals surface area contributed by atoms with Crippen molar-refractivity contribution in [3.63, 3.8) is 0 Å². The first-order chi connectivity index (χ1) is 13.7. The number of nitrogens with zero attached hydrogens (tertiary/aromatic N) is 3. The maximum atomic E-state index is 9.90. The summed E-state index contributed by atoms with van der Waals surface area (Å²) in [6.45, 7) is 3.71. The van der Waals surface area contributed by atoms with E-state index in [4.69, 9.17) is 9.47 Å². The van der Waals surface area contributed by atoms with E-state index in [1.807, 2.05) is 24.3 Å². The number of aromatic hydroxyl groups is 1. The van der Waals surface area contributed by atoms with Crippen LogP contribution in [0.1, 0.15) is 11.8 Å². The number of hydrogen-bond acceptors (Lipinski definition) is 8. The number of nitrogens with one attached hydrogen (secondary N) is 1. The zero-order valence-electron chi connectivity index (χ0n) is 15.1. The summed E-state index contributed by atoms with van der Waals surface area (Å²) in [4.78, 5) is 4.54. The third-order valence-electron chi connectivity index (χ3n) is 4.17. The average Bonchev–Trinajstić information content (AvgIpc) is 2.89. The Morgan fingerprint density at radius 3 is 2.96 bits per heavy atom. The molecular weight excluding hydrogens is 376 g/mol. The Balaban J connectivity index is 1.79. The number of hydrogen-bond donors (Lipinski definition) is 2. The van der Waals surface area contributed by atoms with Crippen LogP contribution in [0.15, 0.2) is 60.3 Å². The van der Waals surface area contributed by atoms with Crippen molar-refractivity contribution in [3.8, 4) is 28.6 Å². The molecule has 2 aromatic carbocycles. The molecule has 28 heavy (non-hydrogen) atoms. The summed E-state index contributed by atoms with van der Waals surface area (Å²) in [5.41, 5.74) is 3.04. The van der Waals surface area contributed by atoms with Gasteiger partial charge in [-0.25, -0.2) is 0 Å². The van der Waals surface area contributed by atoms with Crippen LogP contribution < -0.4 is 14.8 Å². The Bertz CT molecular complexity index is 1030. The van der Waals surface area contributed by atoms with Gasteiger partial charge in [0.25, 0.3) is 0 Å². The molecular formula is C20H18N4O3S. The molecule has 0 radical (unpaired) electrons. The normalized spacial score (nSPS) is 14.7. The first kappa shape index (κ1) is 18.1. The summed E-state index contributed by atoms with van der Waals surface area (Å²) in [6, 6.07) is 12.8. The molecule has 4 rings (SSSR count). The summed E-state index contributed by atoms with van der Waals surface area (Å²) in [7, 11) is 1.51. The van der Waals surface area contributed by atoms with Crippen LogP contribution in [-0.2, 0) is 0 Å². The molecule has 2 heterocycles. The number of fused-ring (bicyclic) bond motifs is 3. The summed E-state index contributed by atoms with van der Waals surface area (Å²) in [6.07, 6.45) is 1.23. The van der Waals surface area contributed by atoms with E-state index < -0.39 is 6.23 Å². The highest BCUT2D eigenvalue weighted by Gasteiger charge is 2.26. The van der Waals surface area contributed by atoms with Crippen molar-refractivity contribution in [2.45, 2.75) is 11.4 Å². The number of phenolic OH excluding ortho intramolecular Hbond substituents is 1. The molecule has 142 valence electrons. The quantitative estimate of drug-likeness (QED) is 0.495. The van der Waals surface area contributed by atoms with Gasteiger partial charge in [0.05, 0.1) is 7.11 Å². The van der Waals surface area contributed by atoms with Crippen molar-refractivity contribution >= 4 is 17.4 Å². The number of methoxy groups -OCH3 is 1. The predicted molar refractivity (Wildman–Crippen MR) is 108 cm³/mol. The third-order valence-corrected chi connectivity index (χ3v) is 5.00. The minimum Gasteiger partial charge on any atom is -0.504 e. The van der Waals surface area contributed by atoms with Gasteiger partial charge in [-0.05, 0) is 24.3 Å². The third kappa shape index (κ3) is 3.46. The Kier molecular flexibility index (Phi) is 5.03. The maximum Gasteiger partial charge on any atom is 0.247 e. The number of ether oxygens (including phenoxy) is 2. The van der Waals surface area contributed by atoms with Gasteiger partial charge in [-0.3, -0.25) is 0 Å². The predicted octanol–water partition coefficient (Wildman–Crippen LogP) is 4.03. The zero-order valence-corrected chi connectivity index (χ0v) is 15.9. The van der Waals surface area contributed by atoms with Gasteiger partial charge in [0, 0.05) is 22.6 Å². The van der Waals surface area contributed by atoms with E-state index >= 15 is 0 Å². The lowest BCUT2D eigenvalue weighted by Crippen LogP contribution is -2.17. The maximum absolute atomic E-state index is 9.90. The number of para-hydroxylation sites is 1. The van der Waals surface area contributed by atoms with Gasteiger partial charge in [0.15, 0.2) is 23.4 Å². The van der Waals surface area contributed by atoms with Crippen molar-refractivity contribution in [1.82, 2.24) is 15.2 Å². The second-order valence-electron chi connectivity index (χ2n) is 5.97. The Hall–Kier alpha value is -3.26. The minimum atomic E-state index is -0.550. The monoisotopic (exact) mass is 394 g/mol. The molecule has 0 saturated carbocycles. The first-order valence-electron chi connectivity index (χ1n) is 8.57. The SMILES string of the molecule is C=CCSc1nnc2c(n1)OC(c1ccc(O)c(OC)c1)Nc1ccccc1-2. The van der Waals surface area contributed by atoms with E-state index in [1.54, 1.807) is 24.3 Å². The number of benzene rings is 2. The summed E-state index contributed by atoms with van der Waals surface area (Å²) in [5.74, 6) is 1.49. The summed E-state index contributed by atoms with van der Waals surface area (Å²) >= 11 is 1.43.